The summed E-state index contributed by atoms with van der Waals surface area (Å²) in [6, 6.07) is 1.31. The summed E-state index contributed by atoms with van der Waals surface area (Å²) in [5, 5.41) is 0. The Hall–Kier alpha value is -0.160. The van der Waals surface area contributed by atoms with Crippen LogP contribution < -0.4 is 0 Å². The van der Waals surface area contributed by atoms with Crippen molar-refractivity contribution in [3.63, 3.8) is 0 Å². The minimum atomic E-state index is 0.589. The first-order valence-electron chi connectivity index (χ1n) is 11.3. The van der Waals surface area contributed by atoms with Crippen molar-refractivity contribution in [2.75, 3.05) is 59.5 Å². The summed E-state index contributed by atoms with van der Waals surface area (Å²) in [6.07, 6.45) is 4.18. The van der Waals surface area contributed by atoms with E-state index in [9.17, 15) is 0 Å². The third-order valence-electron chi connectivity index (χ3n) is 5.69. The van der Waals surface area contributed by atoms with Crippen LogP contribution in [0.4, 0.5) is 0 Å². The molecule has 2 heterocycles. The molecule has 4 heteroatoms. The Labute approximate surface area is 165 Å². The number of hydrogen-bond acceptors (Lipinski definition) is 4. The van der Waals surface area contributed by atoms with Crippen LogP contribution in [0.25, 0.3) is 0 Å². The molecule has 26 heavy (non-hydrogen) atoms. The Morgan fingerprint density at radius 2 is 1.58 bits per heavy atom. The van der Waals surface area contributed by atoms with E-state index < -0.39 is 0 Å². The second-order valence-electron chi connectivity index (χ2n) is 7.40. The van der Waals surface area contributed by atoms with Crippen LogP contribution in [0.15, 0.2) is 0 Å². The maximum atomic E-state index is 5.42. The molecular formula is C22H49N3O. The minimum Gasteiger partial charge on any atom is -0.383 e. The maximum absolute atomic E-state index is 5.42. The van der Waals surface area contributed by atoms with Crippen molar-refractivity contribution in [2.45, 2.75) is 79.8 Å². The highest BCUT2D eigenvalue weighted by molar-refractivity contribution is 4.82. The van der Waals surface area contributed by atoms with Gasteiger partial charge in [0.15, 0.2) is 0 Å². The second-order valence-corrected chi connectivity index (χ2v) is 7.40. The zero-order valence-electron chi connectivity index (χ0n) is 19.3. The summed E-state index contributed by atoms with van der Waals surface area (Å²) in [4.78, 5) is 7.87. The van der Waals surface area contributed by atoms with E-state index in [0.717, 1.165) is 25.1 Å². The van der Waals surface area contributed by atoms with Gasteiger partial charge in [-0.15, -0.1) is 0 Å². The Kier molecular flexibility index (Phi) is 15.8. The highest BCUT2D eigenvalue weighted by Crippen LogP contribution is 2.22. The fourth-order valence-corrected chi connectivity index (χ4v) is 4.05. The van der Waals surface area contributed by atoms with Gasteiger partial charge >= 0.3 is 0 Å². The van der Waals surface area contributed by atoms with Gasteiger partial charge in [-0.2, -0.15) is 0 Å². The highest BCUT2D eigenvalue weighted by Gasteiger charge is 2.27. The van der Waals surface area contributed by atoms with Crippen molar-refractivity contribution in [1.82, 2.24) is 14.7 Å². The zero-order chi connectivity index (χ0) is 19.9. The molecule has 0 spiro atoms. The van der Waals surface area contributed by atoms with Crippen molar-refractivity contribution in [3.8, 4) is 0 Å². The first-order valence-corrected chi connectivity index (χ1v) is 11.3. The Morgan fingerprint density at radius 1 is 0.962 bits per heavy atom. The fraction of sp³-hybridized carbons (Fsp3) is 1.00. The number of likely N-dealkylation sites (tertiary alicyclic amines) is 1. The van der Waals surface area contributed by atoms with Gasteiger partial charge in [-0.1, -0.05) is 34.6 Å². The minimum absolute atomic E-state index is 0.589. The molecule has 4 nitrogen and oxygen atoms in total. The van der Waals surface area contributed by atoms with Gasteiger partial charge in [0.05, 0.1) is 6.61 Å². The first kappa shape index (κ1) is 25.8. The SMILES string of the molecule is CC.CC.CCN1CCN(CCC2CCN(C(C)C)CC2)CC1COC. The summed E-state index contributed by atoms with van der Waals surface area (Å²) in [7, 11) is 1.83. The normalized spacial score (nSPS) is 23.2. The van der Waals surface area contributed by atoms with Crippen LogP contribution in [0.1, 0.15) is 67.7 Å². The molecule has 0 aromatic heterocycles. The molecule has 2 aliphatic heterocycles. The average molecular weight is 372 g/mol. The molecule has 158 valence electrons. The van der Waals surface area contributed by atoms with Crippen molar-refractivity contribution in [1.29, 1.82) is 0 Å². The molecule has 2 saturated heterocycles. The number of hydrogen-bond donors (Lipinski definition) is 0. The second kappa shape index (κ2) is 15.9. The summed E-state index contributed by atoms with van der Waals surface area (Å²) in [5.41, 5.74) is 0. The number of rotatable bonds is 7. The lowest BCUT2D eigenvalue weighted by molar-refractivity contribution is 0.0248. The van der Waals surface area contributed by atoms with Crippen LogP contribution in [0.3, 0.4) is 0 Å². The van der Waals surface area contributed by atoms with Crippen LogP contribution in [0.2, 0.25) is 0 Å². The van der Waals surface area contributed by atoms with E-state index in [1.54, 1.807) is 0 Å². The third kappa shape index (κ3) is 9.16. The molecule has 2 fully saturated rings. The van der Waals surface area contributed by atoms with Crippen molar-refractivity contribution in [2.24, 2.45) is 5.92 Å². The molecule has 0 saturated carbocycles. The number of ether oxygens (including phenoxy) is 1. The zero-order valence-corrected chi connectivity index (χ0v) is 19.3. The van der Waals surface area contributed by atoms with Crippen LogP contribution in [0.5, 0.6) is 0 Å². The summed E-state index contributed by atoms with van der Waals surface area (Å²) in [6.45, 7) is 24.4. The molecule has 1 unspecified atom stereocenters. The topological polar surface area (TPSA) is 19.0 Å². The first-order chi connectivity index (χ1) is 12.6. The maximum Gasteiger partial charge on any atom is 0.0630 e. The lowest BCUT2D eigenvalue weighted by atomic mass is 9.92. The Balaban J connectivity index is 0.00000146. The largest absolute Gasteiger partial charge is 0.383 e. The van der Waals surface area contributed by atoms with E-state index in [2.05, 4.69) is 35.5 Å². The fourth-order valence-electron chi connectivity index (χ4n) is 4.05. The van der Waals surface area contributed by atoms with Crippen molar-refractivity contribution >= 4 is 0 Å². The smallest absolute Gasteiger partial charge is 0.0630 e. The summed E-state index contributed by atoms with van der Waals surface area (Å²) >= 11 is 0. The van der Waals surface area contributed by atoms with E-state index in [0.29, 0.717) is 6.04 Å². The number of piperidine rings is 1. The molecule has 0 aromatic carbocycles. The standard InChI is InChI=1S/C18H37N3O.2C2H6/c1-5-20-13-12-19(14-18(20)15-22-4)9-6-17-7-10-21(11-8-17)16(2)3;2*1-2/h16-18H,5-15H2,1-4H3;2*1-2H3. The van der Waals surface area contributed by atoms with Crippen molar-refractivity contribution in [3.05, 3.63) is 0 Å². The van der Waals surface area contributed by atoms with Gasteiger partial charge in [0.1, 0.15) is 0 Å². The van der Waals surface area contributed by atoms with Gasteiger partial charge < -0.3 is 14.5 Å². The van der Waals surface area contributed by atoms with E-state index in [1.165, 1.54) is 58.5 Å². The average Bonchev–Trinajstić information content (AvgIpc) is 2.70. The molecule has 0 N–H and O–H groups in total. The number of methoxy groups -OCH3 is 1. The number of piperazine rings is 1. The third-order valence-corrected chi connectivity index (χ3v) is 5.69. The molecule has 1 atom stereocenters. The summed E-state index contributed by atoms with van der Waals surface area (Å²) in [5.74, 6) is 0.945. The monoisotopic (exact) mass is 371 g/mol. The molecular weight excluding hydrogens is 322 g/mol. The Morgan fingerprint density at radius 3 is 2.08 bits per heavy atom. The predicted molar refractivity (Wildman–Crippen MR) is 116 cm³/mol. The molecule has 0 aliphatic carbocycles. The molecule has 0 amide bonds. The van der Waals surface area contributed by atoms with Crippen LogP contribution in [-0.2, 0) is 4.74 Å². The lowest BCUT2D eigenvalue weighted by Gasteiger charge is -2.41. The van der Waals surface area contributed by atoms with Gasteiger partial charge in [0, 0.05) is 38.8 Å². The van der Waals surface area contributed by atoms with Gasteiger partial charge in [0.25, 0.3) is 0 Å². The van der Waals surface area contributed by atoms with E-state index in [-0.39, 0.29) is 0 Å². The van der Waals surface area contributed by atoms with Crippen LogP contribution >= 0.6 is 0 Å². The van der Waals surface area contributed by atoms with Crippen LogP contribution in [-0.4, -0.2) is 86.3 Å². The van der Waals surface area contributed by atoms with Crippen LogP contribution in [0, 0.1) is 5.92 Å². The molecule has 0 bridgehead atoms. The molecule has 0 aromatic rings. The highest BCUT2D eigenvalue weighted by atomic mass is 16.5. The van der Waals surface area contributed by atoms with Crippen molar-refractivity contribution < 1.29 is 4.74 Å². The predicted octanol–water partition coefficient (Wildman–Crippen LogP) is 4.20. The molecule has 2 rings (SSSR count). The number of likely N-dealkylation sites (N-methyl/N-ethyl adjacent to an activating group) is 1. The van der Waals surface area contributed by atoms with Gasteiger partial charge in [-0.05, 0) is 65.2 Å². The lowest BCUT2D eigenvalue weighted by Crippen LogP contribution is -2.55. The van der Waals surface area contributed by atoms with E-state index >= 15 is 0 Å². The molecule has 0 radical (unpaired) electrons. The quantitative estimate of drug-likeness (QED) is 0.667. The van der Waals surface area contributed by atoms with Gasteiger partial charge in [0.2, 0.25) is 0 Å². The van der Waals surface area contributed by atoms with E-state index in [4.69, 9.17) is 4.74 Å². The molecule has 2 aliphatic rings. The Bertz CT molecular complexity index is 304. The van der Waals surface area contributed by atoms with Gasteiger partial charge in [-0.25, -0.2) is 0 Å². The number of nitrogens with zero attached hydrogens (tertiary/aromatic N) is 3. The summed E-state index contributed by atoms with van der Waals surface area (Å²) < 4.78 is 5.42. The van der Waals surface area contributed by atoms with E-state index in [1.807, 2.05) is 34.8 Å². The van der Waals surface area contributed by atoms with Gasteiger partial charge in [-0.3, -0.25) is 4.90 Å².